The van der Waals surface area contributed by atoms with E-state index in [4.69, 9.17) is 22.1 Å². The van der Waals surface area contributed by atoms with Crippen LogP contribution < -0.4 is 5.73 Å². The van der Waals surface area contributed by atoms with Crippen molar-refractivity contribution in [1.82, 2.24) is 19.4 Å². The molecule has 3 aromatic rings. The molecule has 2 unspecified atom stereocenters. The highest BCUT2D eigenvalue weighted by Crippen LogP contribution is 2.47. The number of ether oxygens (including phenoxy) is 1. The summed E-state index contributed by atoms with van der Waals surface area (Å²) in [7, 11) is 0. The van der Waals surface area contributed by atoms with Gasteiger partial charge in [0.25, 0.3) is 0 Å². The van der Waals surface area contributed by atoms with E-state index in [1.54, 1.807) is 35.4 Å². The first kappa shape index (κ1) is 29.3. The van der Waals surface area contributed by atoms with E-state index in [9.17, 15) is 23.1 Å². The second-order valence-corrected chi connectivity index (χ2v) is 10.7. The van der Waals surface area contributed by atoms with Gasteiger partial charge in [-0.2, -0.15) is 24.9 Å². The Hall–Kier alpha value is -2.64. The number of nitrogens with zero attached hydrogens (tertiary/aromatic N) is 4. The van der Waals surface area contributed by atoms with Gasteiger partial charge in [0, 0.05) is 53.1 Å². The van der Waals surface area contributed by atoms with Crippen LogP contribution in [-0.4, -0.2) is 74.5 Å². The average Bonchev–Trinajstić information content (AvgIpc) is 3.19. The second kappa shape index (κ2) is 11.8. The maximum atomic E-state index is 14.8. The van der Waals surface area contributed by atoms with Gasteiger partial charge in [0.2, 0.25) is 0 Å². The number of halogens is 4. The summed E-state index contributed by atoms with van der Waals surface area (Å²) < 4.78 is 50.9. The Labute approximate surface area is 233 Å². The fourth-order valence-corrected chi connectivity index (χ4v) is 6.13. The first-order chi connectivity index (χ1) is 18.5. The zero-order valence-electron chi connectivity index (χ0n) is 21.4. The van der Waals surface area contributed by atoms with Gasteiger partial charge >= 0.3 is 12.1 Å². The summed E-state index contributed by atoms with van der Waals surface area (Å²) in [4.78, 5) is 22.5. The molecule has 4 rings (SSSR count). The Bertz CT molecular complexity index is 1300. The molecule has 8 nitrogen and oxygen atoms in total. The van der Waals surface area contributed by atoms with Gasteiger partial charge in [0.1, 0.15) is 12.0 Å². The molecule has 1 aromatic carbocycles. The van der Waals surface area contributed by atoms with Crippen molar-refractivity contribution in [3.05, 3.63) is 70.5 Å². The van der Waals surface area contributed by atoms with Gasteiger partial charge in [-0.05, 0) is 36.4 Å². The van der Waals surface area contributed by atoms with Crippen LogP contribution in [0, 0.1) is 6.92 Å². The Morgan fingerprint density at radius 2 is 1.82 bits per heavy atom. The largest absolute Gasteiger partial charge is 0.479 e. The van der Waals surface area contributed by atoms with Crippen LogP contribution in [0.2, 0.25) is 5.02 Å². The number of carboxylic acid groups (broad SMARTS) is 1. The third kappa shape index (κ3) is 5.80. The molecule has 2 atom stereocenters. The van der Waals surface area contributed by atoms with Gasteiger partial charge < -0.3 is 20.1 Å². The lowest BCUT2D eigenvalue weighted by atomic mass is 9.85. The Balaban J connectivity index is 2.09. The lowest BCUT2D eigenvalue weighted by Gasteiger charge is -2.45. The van der Waals surface area contributed by atoms with E-state index in [1.165, 1.54) is 37.4 Å². The van der Waals surface area contributed by atoms with Crippen molar-refractivity contribution in [1.29, 1.82) is 0 Å². The molecule has 210 valence electrons. The van der Waals surface area contributed by atoms with Gasteiger partial charge in [-0.3, -0.25) is 4.90 Å². The monoisotopic (exact) mass is 583 g/mol. The van der Waals surface area contributed by atoms with E-state index in [1.807, 2.05) is 0 Å². The number of rotatable bonds is 9. The molecule has 0 saturated carbocycles. The number of morpholine rings is 1. The SMILES string of the molecule is CSCC(c1c(-c2ccc(Cl)cc2)c(C)c(C(F)(F)F)n1Cc1cncnc1)C(N)(C(=O)O)N1CCOCC1. The molecule has 39 heavy (non-hydrogen) atoms. The molecule has 0 amide bonds. The predicted octanol–water partition coefficient (Wildman–Crippen LogP) is 4.49. The fraction of sp³-hybridized carbons (Fsp3) is 0.423. The smallest absolute Gasteiger partial charge is 0.431 e. The number of nitrogens with two attached hydrogens (primary N) is 1. The molecule has 0 aliphatic carbocycles. The first-order valence-electron chi connectivity index (χ1n) is 12.1. The first-order valence-corrected chi connectivity index (χ1v) is 13.9. The third-order valence-corrected chi connectivity index (χ3v) is 7.89. The molecule has 13 heteroatoms. The van der Waals surface area contributed by atoms with Gasteiger partial charge in [0.05, 0.1) is 25.7 Å². The zero-order chi connectivity index (χ0) is 28.4. The minimum atomic E-state index is -4.75. The highest BCUT2D eigenvalue weighted by molar-refractivity contribution is 7.98. The molecular weight excluding hydrogens is 555 g/mol. The van der Waals surface area contributed by atoms with Crippen LogP contribution in [0.15, 0.2) is 43.0 Å². The van der Waals surface area contributed by atoms with Gasteiger partial charge in [0.15, 0.2) is 5.66 Å². The zero-order valence-corrected chi connectivity index (χ0v) is 23.0. The topological polar surface area (TPSA) is 107 Å². The number of thioether (sulfide) groups is 1. The molecule has 0 radical (unpaired) electrons. The van der Waals surface area contributed by atoms with Crippen LogP contribution in [0.3, 0.4) is 0 Å². The summed E-state index contributed by atoms with van der Waals surface area (Å²) in [5.74, 6) is -2.23. The van der Waals surface area contributed by atoms with Gasteiger partial charge in [-0.15, -0.1) is 0 Å². The number of hydrogen-bond acceptors (Lipinski definition) is 7. The summed E-state index contributed by atoms with van der Waals surface area (Å²) in [6, 6.07) is 6.45. The summed E-state index contributed by atoms with van der Waals surface area (Å²) in [5, 5.41) is 11.0. The summed E-state index contributed by atoms with van der Waals surface area (Å²) in [6.45, 7) is 2.14. The van der Waals surface area contributed by atoms with Crippen molar-refractivity contribution in [2.45, 2.75) is 31.2 Å². The maximum Gasteiger partial charge on any atom is 0.431 e. The van der Waals surface area contributed by atoms with E-state index in [0.29, 0.717) is 16.1 Å². The van der Waals surface area contributed by atoms with Crippen molar-refractivity contribution in [3.63, 3.8) is 0 Å². The van der Waals surface area contributed by atoms with Crippen LogP contribution in [-0.2, 0) is 22.3 Å². The summed E-state index contributed by atoms with van der Waals surface area (Å²) in [6.07, 6.45) is 1.19. The highest BCUT2D eigenvalue weighted by atomic mass is 35.5. The van der Waals surface area contributed by atoms with E-state index in [2.05, 4.69) is 9.97 Å². The van der Waals surface area contributed by atoms with Crippen LogP contribution in [0.5, 0.6) is 0 Å². The number of benzene rings is 1. The van der Waals surface area contributed by atoms with Crippen molar-refractivity contribution in [3.8, 4) is 11.1 Å². The number of carboxylic acids is 1. The third-order valence-electron chi connectivity index (χ3n) is 6.97. The molecule has 3 heterocycles. The van der Waals surface area contributed by atoms with Gasteiger partial charge in [-0.1, -0.05) is 23.7 Å². The molecule has 0 spiro atoms. The number of hydrogen-bond donors (Lipinski definition) is 2. The molecule has 1 aliphatic heterocycles. The molecule has 0 bridgehead atoms. The van der Waals surface area contributed by atoms with Gasteiger partial charge in [-0.25, -0.2) is 14.8 Å². The molecule has 1 saturated heterocycles. The number of alkyl halides is 3. The molecule has 1 fully saturated rings. The number of carbonyl (C=O) groups is 1. The van der Waals surface area contributed by atoms with Crippen LogP contribution in [0.25, 0.3) is 11.1 Å². The number of aromatic nitrogens is 3. The van der Waals surface area contributed by atoms with Crippen molar-refractivity contribution < 1.29 is 27.8 Å². The van der Waals surface area contributed by atoms with Crippen LogP contribution in [0.4, 0.5) is 13.2 Å². The van der Waals surface area contributed by atoms with Crippen molar-refractivity contribution in [2.24, 2.45) is 5.73 Å². The Morgan fingerprint density at radius 1 is 1.21 bits per heavy atom. The van der Waals surface area contributed by atoms with Crippen molar-refractivity contribution in [2.75, 3.05) is 38.3 Å². The Kier molecular flexibility index (Phi) is 8.91. The minimum Gasteiger partial charge on any atom is -0.479 e. The molecule has 2 aromatic heterocycles. The second-order valence-electron chi connectivity index (χ2n) is 9.31. The lowest BCUT2D eigenvalue weighted by molar-refractivity contribution is -0.156. The summed E-state index contributed by atoms with van der Waals surface area (Å²) >= 11 is 7.42. The molecule has 1 aliphatic rings. The Morgan fingerprint density at radius 3 is 2.36 bits per heavy atom. The number of aliphatic carboxylic acids is 1. The standard InChI is InChI=1S/C26H29ClF3N5O3S/c1-16-21(18-3-5-19(27)6-4-18)22(35(23(16)26(28,29)30)13-17-11-32-15-33-12-17)20(14-39-2)25(31,24(36)37)34-7-9-38-10-8-34/h3-6,11-12,15,20H,7-10,13-14,31H2,1-2H3,(H,36,37). The summed E-state index contributed by atoms with van der Waals surface area (Å²) in [5.41, 5.74) is 5.22. The molecular formula is C26H29ClF3N5O3S. The van der Waals surface area contributed by atoms with E-state index in [0.717, 1.165) is 4.57 Å². The quantitative estimate of drug-likeness (QED) is 0.379. The fourth-order valence-electron chi connectivity index (χ4n) is 5.25. The van der Waals surface area contributed by atoms with Crippen LogP contribution >= 0.6 is 23.4 Å². The highest BCUT2D eigenvalue weighted by Gasteiger charge is 2.52. The average molecular weight is 584 g/mol. The predicted molar refractivity (Wildman–Crippen MR) is 144 cm³/mol. The van der Waals surface area contributed by atoms with Crippen molar-refractivity contribution >= 4 is 29.3 Å². The molecule has 3 N–H and O–H groups in total. The van der Waals surface area contributed by atoms with E-state index in [-0.39, 0.29) is 55.4 Å². The lowest BCUT2D eigenvalue weighted by Crippen LogP contribution is -2.68. The maximum absolute atomic E-state index is 14.8. The van der Waals surface area contributed by atoms with E-state index >= 15 is 0 Å². The van der Waals surface area contributed by atoms with Crippen LogP contribution in [0.1, 0.15) is 28.4 Å². The minimum absolute atomic E-state index is 0.0301. The van der Waals surface area contributed by atoms with E-state index < -0.39 is 29.4 Å². The normalized spacial score (nSPS) is 17.1.